The van der Waals surface area contributed by atoms with Crippen LogP contribution in [0, 0.1) is 12.7 Å². The molecule has 0 saturated carbocycles. The van der Waals surface area contributed by atoms with Gasteiger partial charge in [-0.15, -0.1) is 0 Å². The maximum absolute atomic E-state index is 13.7. The molecule has 0 saturated heterocycles. The lowest BCUT2D eigenvalue weighted by atomic mass is 9.96. The number of aromatic nitrogens is 1. The second kappa shape index (κ2) is 8.86. The topological polar surface area (TPSA) is 60.9 Å². The summed E-state index contributed by atoms with van der Waals surface area (Å²) >= 11 is 0. The molecule has 0 spiro atoms. The predicted octanol–water partition coefficient (Wildman–Crippen LogP) is 4.64. The average molecular weight is 436 g/mol. The molecule has 1 amide bonds. The van der Waals surface area contributed by atoms with E-state index in [9.17, 15) is 9.18 Å². The molecule has 32 heavy (non-hydrogen) atoms. The molecule has 2 heterocycles. The van der Waals surface area contributed by atoms with Gasteiger partial charge in [0, 0.05) is 42.4 Å². The molecule has 0 atom stereocenters. The van der Waals surface area contributed by atoms with E-state index in [1.54, 1.807) is 45.3 Å². The molecule has 0 fully saturated rings. The Morgan fingerprint density at radius 3 is 2.34 bits per heavy atom. The van der Waals surface area contributed by atoms with Gasteiger partial charge in [0.2, 0.25) is 0 Å². The van der Waals surface area contributed by atoms with Crippen LogP contribution in [0.5, 0.6) is 17.2 Å². The third kappa shape index (κ3) is 3.98. The third-order valence-corrected chi connectivity index (χ3v) is 5.66. The van der Waals surface area contributed by atoms with Crippen molar-refractivity contribution in [1.29, 1.82) is 0 Å². The van der Waals surface area contributed by atoms with E-state index < -0.39 is 0 Å². The zero-order chi connectivity index (χ0) is 22.8. The molecular weight excluding hydrogens is 411 g/mol. The van der Waals surface area contributed by atoms with Crippen LogP contribution in [0.15, 0.2) is 42.5 Å². The highest BCUT2D eigenvalue weighted by molar-refractivity contribution is 6.06. The smallest absolute Gasteiger partial charge is 0.254 e. The Morgan fingerprint density at radius 2 is 1.75 bits per heavy atom. The highest BCUT2D eigenvalue weighted by atomic mass is 19.1. The molecule has 0 bridgehead atoms. The maximum Gasteiger partial charge on any atom is 0.254 e. The summed E-state index contributed by atoms with van der Waals surface area (Å²) in [5, 5.41) is 0.648. The fraction of sp³-hybridized carbons (Fsp3) is 0.280. The lowest BCUT2D eigenvalue weighted by Gasteiger charge is -2.28. The first-order valence-electron chi connectivity index (χ1n) is 10.3. The van der Waals surface area contributed by atoms with Gasteiger partial charge in [0.15, 0.2) is 0 Å². The second-order valence-electron chi connectivity index (χ2n) is 7.61. The Balaban J connectivity index is 1.65. The molecule has 0 aliphatic carbocycles. The van der Waals surface area contributed by atoms with Gasteiger partial charge >= 0.3 is 0 Å². The van der Waals surface area contributed by atoms with E-state index in [2.05, 4.69) is 4.98 Å². The van der Waals surface area contributed by atoms with Gasteiger partial charge in [0.05, 0.1) is 38.0 Å². The first-order valence-corrected chi connectivity index (χ1v) is 10.3. The number of methoxy groups -OCH3 is 3. The van der Waals surface area contributed by atoms with Gasteiger partial charge in [-0.05, 0) is 37.1 Å². The number of hydrogen-bond donors (Lipinski definition) is 0. The van der Waals surface area contributed by atoms with Crippen LogP contribution >= 0.6 is 0 Å². The summed E-state index contributed by atoms with van der Waals surface area (Å²) in [6.45, 7) is 2.78. The normalized spacial score (nSPS) is 13.7. The molecule has 6 nitrogen and oxygen atoms in total. The highest BCUT2D eigenvalue weighted by Crippen LogP contribution is 2.41. The minimum absolute atomic E-state index is 0.101. The summed E-state index contributed by atoms with van der Waals surface area (Å²) in [6.07, 6.45) is 2.66. The van der Waals surface area contributed by atoms with Crippen LogP contribution in [-0.2, 0) is 0 Å². The van der Waals surface area contributed by atoms with Crippen LogP contribution in [0.4, 0.5) is 4.39 Å². The fourth-order valence-electron chi connectivity index (χ4n) is 4.08. The van der Waals surface area contributed by atoms with E-state index in [0.29, 0.717) is 58.9 Å². The summed E-state index contributed by atoms with van der Waals surface area (Å²) in [7, 11) is 4.81. The highest BCUT2D eigenvalue weighted by Gasteiger charge is 2.25. The van der Waals surface area contributed by atoms with E-state index >= 15 is 0 Å². The Kier molecular flexibility index (Phi) is 5.99. The predicted molar refractivity (Wildman–Crippen MR) is 121 cm³/mol. The number of benzene rings is 2. The second-order valence-corrected chi connectivity index (χ2v) is 7.61. The summed E-state index contributed by atoms with van der Waals surface area (Å²) in [6, 6.07) is 9.73. The summed E-state index contributed by atoms with van der Waals surface area (Å²) in [5.74, 6) is 1.49. The summed E-state index contributed by atoms with van der Waals surface area (Å²) in [4.78, 5) is 19.5. The first-order chi connectivity index (χ1) is 15.4. The number of nitrogens with zero attached hydrogens (tertiary/aromatic N) is 2. The number of fused-ring (bicyclic) bond motifs is 1. The summed E-state index contributed by atoms with van der Waals surface area (Å²) < 4.78 is 30.1. The lowest BCUT2D eigenvalue weighted by Crippen LogP contribution is -2.35. The van der Waals surface area contributed by atoms with Gasteiger partial charge in [0.1, 0.15) is 23.1 Å². The van der Waals surface area contributed by atoms with Crippen molar-refractivity contribution in [2.45, 2.75) is 13.3 Å². The molecule has 4 rings (SSSR count). The van der Waals surface area contributed by atoms with Crippen molar-refractivity contribution < 1.29 is 23.4 Å². The monoisotopic (exact) mass is 436 g/mol. The number of ether oxygens (including phenoxy) is 3. The number of rotatable bonds is 5. The molecule has 3 aromatic rings. The minimum Gasteiger partial charge on any atom is -0.496 e. The van der Waals surface area contributed by atoms with Crippen LogP contribution in [0.1, 0.15) is 28.0 Å². The number of halogens is 1. The van der Waals surface area contributed by atoms with Gasteiger partial charge in [-0.2, -0.15) is 0 Å². The standard InChI is InChI=1S/C25H25FN2O4/c1-15-11-20(19-6-5-17(26)12-21(19)27-15)25(29)28-9-7-16(8-10-28)24-22(31-3)13-18(30-2)14-23(24)32-4/h5-7,11-14H,8-10H2,1-4H3. The minimum atomic E-state index is -0.373. The number of carbonyl (C=O) groups excluding carboxylic acids is 1. The van der Waals surface area contributed by atoms with Gasteiger partial charge in [-0.1, -0.05) is 6.08 Å². The zero-order valence-electron chi connectivity index (χ0n) is 18.6. The largest absolute Gasteiger partial charge is 0.496 e. The van der Waals surface area contributed by atoms with Crippen molar-refractivity contribution in [3.63, 3.8) is 0 Å². The van der Waals surface area contributed by atoms with E-state index in [4.69, 9.17) is 14.2 Å². The van der Waals surface area contributed by atoms with Crippen molar-refractivity contribution in [1.82, 2.24) is 9.88 Å². The molecule has 0 unspecified atom stereocenters. The van der Waals surface area contributed by atoms with Crippen LogP contribution in [-0.4, -0.2) is 50.2 Å². The molecule has 166 valence electrons. The van der Waals surface area contributed by atoms with Gasteiger partial charge in [-0.25, -0.2) is 4.39 Å². The molecule has 1 aliphatic rings. The van der Waals surface area contributed by atoms with Crippen molar-refractivity contribution in [2.75, 3.05) is 34.4 Å². The SMILES string of the molecule is COc1cc(OC)c(C2=CCN(C(=O)c3cc(C)nc4cc(F)ccc34)CC2)c(OC)c1. The number of amides is 1. The van der Waals surface area contributed by atoms with Gasteiger partial charge in [-0.3, -0.25) is 9.78 Å². The van der Waals surface area contributed by atoms with E-state index in [-0.39, 0.29) is 11.7 Å². The van der Waals surface area contributed by atoms with Gasteiger partial charge in [0.25, 0.3) is 5.91 Å². The quantitative estimate of drug-likeness (QED) is 0.583. The maximum atomic E-state index is 13.7. The molecule has 2 aromatic carbocycles. The van der Waals surface area contributed by atoms with E-state index in [0.717, 1.165) is 11.1 Å². The van der Waals surface area contributed by atoms with Crippen molar-refractivity contribution >= 4 is 22.4 Å². The third-order valence-electron chi connectivity index (χ3n) is 5.66. The number of carbonyl (C=O) groups is 1. The van der Waals surface area contributed by atoms with Crippen molar-refractivity contribution in [2.24, 2.45) is 0 Å². The molecule has 0 N–H and O–H groups in total. The van der Waals surface area contributed by atoms with Crippen LogP contribution in [0.25, 0.3) is 16.5 Å². The Morgan fingerprint density at radius 1 is 1.03 bits per heavy atom. The van der Waals surface area contributed by atoms with Crippen molar-refractivity contribution in [3.05, 3.63) is 65.1 Å². The van der Waals surface area contributed by atoms with Crippen LogP contribution in [0.3, 0.4) is 0 Å². The molecule has 1 aliphatic heterocycles. The molecular formula is C25H25FN2O4. The Hall–Kier alpha value is -3.61. The molecule has 7 heteroatoms. The lowest BCUT2D eigenvalue weighted by molar-refractivity contribution is 0.0774. The number of hydrogen-bond acceptors (Lipinski definition) is 5. The van der Waals surface area contributed by atoms with E-state index in [1.807, 2.05) is 18.2 Å². The fourth-order valence-corrected chi connectivity index (χ4v) is 4.08. The van der Waals surface area contributed by atoms with Crippen LogP contribution < -0.4 is 14.2 Å². The molecule has 0 radical (unpaired) electrons. The molecule has 1 aromatic heterocycles. The number of aryl methyl sites for hydroxylation is 1. The number of pyridine rings is 1. The average Bonchev–Trinajstić information content (AvgIpc) is 2.81. The van der Waals surface area contributed by atoms with Crippen LogP contribution in [0.2, 0.25) is 0 Å². The van der Waals surface area contributed by atoms with Gasteiger partial charge < -0.3 is 19.1 Å². The van der Waals surface area contributed by atoms with Crippen molar-refractivity contribution in [3.8, 4) is 17.2 Å². The first kappa shape index (κ1) is 21.6. The van der Waals surface area contributed by atoms with E-state index in [1.165, 1.54) is 12.1 Å². The Bertz CT molecular complexity index is 1190. The Labute approximate surface area is 186 Å². The zero-order valence-corrected chi connectivity index (χ0v) is 18.6. The summed E-state index contributed by atoms with van der Waals surface area (Å²) in [5.41, 5.74) is 3.59.